The zero-order chi connectivity index (χ0) is 29.7. The predicted molar refractivity (Wildman–Crippen MR) is 139 cm³/mol. The Kier molecular flexibility index (Phi) is 9.79. The van der Waals surface area contributed by atoms with Crippen molar-refractivity contribution in [1.82, 2.24) is 9.62 Å². The van der Waals surface area contributed by atoms with Crippen LogP contribution in [0.1, 0.15) is 28.4 Å². The molecule has 0 fully saturated rings. The van der Waals surface area contributed by atoms with Gasteiger partial charge < -0.3 is 25.7 Å². The normalized spacial score (nSPS) is 14.5. The van der Waals surface area contributed by atoms with Gasteiger partial charge >= 0.3 is 6.18 Å². The smallest absolute Gasteiger partial charge is 0.416 e. The van der Waals surface area contributed by atoms with E-state index in [1.807, 2.05) is 0 Å². The first-order valence-electron chi connectivity index (χ1n) is 12.1. The average molecular weight is 583 g/mol. The summed E-state index contributed by atoms with van der Waals surface area (Å²) in [7, 11) is -4.48. The second kappa shape index (κ2) is 12.7. The number of aromatic hydroxyl groups is 2. The molecule has 3 aromatic carbocycles. The highest BCUT2D eigenvalue weighted by Crippen LogP contribution is 2.30. The maximum Gasteiger partial charge on any atom is 0.416 e. The minimum Gasteiger partial charge on any atom is -0.504 e. The third-order valence-corrected chi connectivity index (χ3v) is 7.84. The third-order valence-electron chi connectivity index (χ3n) is 5.99. The Morgan fingerprint density at radius 2 is 1.55 bits per heavy atom. The Bertz CT molecular complexity index is 1400. The molecule has 3 aromatic rings. The molecule has 216 valence electrons. The molecule has 0 aliphatic rings. The lowest BCUT2D eigenvalue weighted by molar-refractivity contribution is -0.137. The SMILES string of the molecule is C[C@H](O)CN(C[C@@H](O)[C@H](Cc1ccccc1)NC(=O)c1ccc(O)c(O)c1)S(=O)(=O)c1ccc(C(F)(F)F)cc1. The molecule has 0 saturated heterocycles. The largest absolute Gasteiger partial charge is 0.504 e. The quantitative estimate of drug-likeness (QED) is 0.219. The van der Waals surface area contributed by atoms with Crippen LogP contribution in [-0.4, -0.2) is 70.4 Å². The molecule has 1 amide bonds. The summed E-state index contributed by atoms with van der Waals surface area (Å²) in [4.78, 5) is 12.5. The number of carbonyl (C=O) groups excluding carboxylic acids is 1. The van der Waals surface area contributed by atoms with Crippen LogP contribution in [0.4, 0.5) is 13.2 Å². The number of hydrogen-bond acceptors (Lipinski definition) is 7. The summed E-state index contributed by atoms with van der Waals surface area (Å²) in [5.41, 5.74) is -0.397. The Balaban J connectivity index is 1.90. The van der Waals surface area contributed by atoms with Gasteiger partial charge in [0.2, 0.25) is 10.0 Å². The van der Waals surface area contributed by atoms with Crippen molar-refractivity contribution in [2.24, 2.45) is 0 Å². The molecule has 0 aromatic heterocycles. The van der Waals surface area contributed by atoms with E-state index in [9.17, 15) is 46.8 Å². The van der Waals surface area contributed by atoms with E-state index in [1.165, 1.54) is 13.0 Å². The molecule has 0 spiro atoms. The Morgan fingerprint density at radius 3 is 2.10 bits per heavy atom. The van der Waals surface area contributed by atoms with Gasteiger partial charge in [0.15, 0.2) is 11.5 Å². The van der Waals surface area contributed by atoms with Gasteiger partial charge in [-0.15, -0.1) is 0 Å². The van der Waals surface area contributed by atoms with Crippen LogP contribution in [-0.2, 0) is 22.6 Å². The van der Waals surface area contributed by atoms with Crippen LogP contribution in [0, 0.1) is 0 Å². The van der Waals surface area contributed by atoms with E-state index < -0.39 is 75.4 Å². The molecule has 0 saturated carbocycles. The molecule has 40 heavy (non-hydrogen) atoms. The molecule has 0 aliphatic carbocycles. The van der Waals surface area contributed by atoms with Gasteiger partial charge in [0, 0.05) is 18.7 Å². The van der Waals surface area contributed by atoms with Crippen LogP contribution in [0.15, 0.2) is 77.7 Å². The van der Waals surface area contributed by atoms with E-state index in [0.717, 1.165) is 28.6 Å². The zero-order valence-corrected chi connectivity index (χ0v) is 22.1. The predicted octanol–water partition coefficient (Wildman–Crippen LogP) is 2.89. The molecule has 0 aliphatic heterocycles. The lowest BCUT2D eigenvalue weighted by atomic mass is 10.0. The summed E-state index contributed by atoms with van der Waals surface area (Å²) >= 11 is 0. The van der Waals surface area contributed by atoms with Crippen LogP contribution in [0.2, 0.25) is 0 Å². The van der Waals surface area contributed by atoms with Gasteiger partial charge in [-0.3, -0.25) is 4.79 Å². The average Bonchev–Trinajstić information content (AvgIpc) is 2.89. The van der Waals surface area contributed by atoms with Crippen LogP contribution < -0.4 is 5.32 Å². The van der Waals surface area contributed by atoms with E-state index >= 15 is 0 Å². The van der Waals surface area contributed by atoms with Gasteiger partial charge in [0.1, 0.15) is 0 Å². The molecule has 13 heteroatoms. The van der Waals surface area contributed by atoms with Crippen molar-refractivity contribution >= 4 is 15.9 Å². The van der Waals surface area contributed by atoms with Crippen LogP contribution in [0.3, 0.4) is 0 Å². The molecule has 3 atom stereocenters. The van der Waals surface area contributed by atoms with Gasteiger partial charge in [-0.25, -0.2) is 8.42 Å². The van der Waals surface area contributed by atoms with Crippen LogP contribution in [0.25, 0.3) is 0 Å². The first-order chi connectivity index (χ1) is 18.7. The van der Waals surface area contributed by atoms with E-state index in [0.29, 0.717) is 17.7 Å². The summed E-state index contributed by atoms with van der Waals surface area (Å²) in [6.45, 7) is 0.202. The number of phenols is 2. The van der Waals surface area contributed by atoms with Crippen molar-refractivity contribution in [2.45, 2.75) is 42.7 Å². The number of aliphatic hydroxyl groups is 2. The standard InChI is InChI=1S/C27H29F3N2O7S/c1-17(33)15-32(40(38,39)21-10-8-20(9-11-21)27(28,29)30)16-25(36)22(13-18-5-3-2-4-6-18)31-26(37)19-7-12-23(34)24(35)14-19/h2-12,14,17,22,25,33-36H,13,15-16H2,1H3,(H,31,37)/t17-,22-,25+/m0/s1. The first kappa shape index (κ1) is 30.9. The van der Waals surface area contributed by atoms with Crippen LogP contribution in [0.5, 0.6) is 11.5 Å². The number of sulfonamides is 1. The molecule has 0 heterocycles. The Morgan fingerprint density at radius 1 is 0.925 bits per heavy atom. The zero-order valence-electron chi connectivity index (χ0n) is 21.3. The fourth-order valence-corrected chi connectivity index (χ4v) is 5.47. The maximum absolute atomic E-state index is 13.3. The third kappa shape index (κ3) is 7.94. The highest BCUT2D eigenvalue weighted by molar-refractivity contribution is 7.89. The maximum atomic E-state index is 13.3. The van der Waals surface area contributed by atoms with Crippen molar-refractivity contribution in [3.8, 4) is 11.5 Å². The summed E-state index contributed by atoms with van der Waals surface area (Å²) < 4.78 is 66.3. The number of phenolic OH excluding ortho intramolecular Hbond substituents is 2. The summed E-state index contributed by atoms with van der Waals surface area (Å²) in [6.07, 6.45) is -7.35. The first-order valence-corrected chi connectivity index (χ1v) is 13.5. The molecular formula is C27H29F3N2O7S. The Hall–Kier alpha value is -3.65. The molecule has 9 nitrogen and oxygen atoms in total. The van der Waals surface area contributed by atoms with Gasteiger partial charge in [0.25, 0.3) is 5.91 Å². The van der Waals surface area contributed by atoms with E-state index in [2.05, 4.69) is 5.32 Å². The second-order valence-electron chi connectivity index (χ2n) is 9.23. The minimum absolute atomic E-state index is 0.0428. The number of hydrogen-bond donors (Lipinski definition) is 5. The van der Waals surface area contributed by atoms with Crippen molar-refractivity contribution in [3.05, 3.63) is 89.5 Å². The monoisotopic (exact) mass is 582 g/mol. The number of nitrogens with one attached hydrogen (secondary N) is 1. The minimum atomic E-state index is -4.67. The highest BCUT2D eigenvalue weighted by Gasteiger charge is 2.34. The lowest BCUT2D eigenvalue weighted by Crippen LogP contribution is -2.51. The number of halogens is 3. The van der Waals surface area contributed by atoms with E-state index in [-0.39, 0.29) is 12.0 Å². The van der Waals surface area contributed by atoms with Gasteiger partial charge in [0.05, 0.1) is 28.7 Å². The fourth-order valence-electron chi connectivity index (χ4n) is 3.93. The number of aliphatic hydroxyl groups excluding tert-OH is 2. The summed E-state index contributed by atoms with van der Waals surface area (Å²) in [6, 6.07) is 13.8. The van der Waals surface area contributed by atoms with E-state index in [4.69, 9.17) is 0 Å². The van der Waals surface area contributed by atoms with Crippen molar-refractivity contribution in [1.29, 1.82) is 0 Å². The summed E-state index contributed by atoms with van der Waals surface area (Å²) in [5, 5.41) is 43.0. The fraction of sp³-hybridized carbons (Fsp3) is 0.296. The second-order valence-corrected chi connectivity index (χ2v) is 11.2. The molecule has 0 bridgehead atoms. The van der Waals surface area contributed by atoms with Gasteiger partial charge in [-0.05, 0) is 61.4 Å². The number of carbonyl (C=O) groups is 1. The molecule has 0 radical (unpaired) electrons. The summed E-state index contributed by atoms with van der Waals surface area (Å²) in [5.74, 6) is -1.72. The number of alkyl halides is 3. The topological polar surface area (TPSA) is 147 Å². The Labute approximate surface area is 229 Å². The van der Waals surface area contributed by atoms with Gasteiger partial charge in [-0.1, -0.05) is 30.3 Å². The van der Waals surface area contributed by atoms with Crippen molar-refractivity contribution in [3.63, 3.8) is 0 Å². The highest BCUT2D eigenvalue weighted by atomic mass is 32.2. The molecule has 5 N–H and O–H groups in total. The molecule has 0 unspecified atom stereocenters. The van der Waals surface area contributed by atoms with Crippen molar-refractivity contribution < 1.29 is 46.8 Å². The number of rotatable bonds is 11. The lowest BCUT2D eigenvalue weighted by Gasteiger charge is -2.30. The molecule has 3 rings (SSSR count). The van der Waals surface area contributed by atoms with E-state index in [1.54, 1.807) is 30.3 Å². The van der Waals surface area contributed by atoms with Crippen molar-refractivity contribution in [2.75, 3.05) is 13.1 Å². The van der Waals surface area contributed by atoms with Gasteiger partial charge in [-0.2, -0.15) is 17.5 Å². The molecular weight excluding hydrogens is 553 g/mol. The van der Waals surface area contributed by atoms with Crippen LogP contribution >= 0.6 is 0 Å². The number of benzene rings is 3. The number of nitrogens with zero attached hydrogens (tertiary/aromatic N) is 1. The number of amides is 1.